The molecule has 1 aliphatic carbocycles. The first-order valence-corrected chi connectivity index (χ1v) is 9.76. The molecule has 0 amide bonds. The molecule has 9 heteroatoms. The molecular formula is C17H17ClN2O5S. The number of nitrogens with one attached hydrogen (secondary N) is 1. The lowest BCUT2D eigenvalue weighted by molar-refractivity contribution is -0.386. The van der Waals surface area contributed by atoms with E-state index < -0.39 is 26.2 Å². The Morgan fingerprint density at radius 2 is 1.85 bits per heavy atom. The van der Waals surface area contributed by atoms with Crippen LogP contribution in [0.4, 0.5) is 5.69 Å². The van der Waals surface area contributed by atoms with Gasteiger partial charge in [0.25, 0.3) is 0 Å². The summed E-state index contributed by atoms with van der Waals surface area (Å²) in [4.78, 5) is 10.3. The van der Waals surface area contributed by atoms with Crippen LogP contribution in [0.3, 0.4) is 0 Å². The lowest BCUT2D eigenvalue weighted by Gasteiger charge is -2.42. The molecule has 0 aliphatic heterocycles. The fourth-order valence-corrected chi connectivity index (χ4v) is 4.64. The monoisotopic (exact) mass is 396 g/mol. The fourth-order valence-electron chi connectivity index (χ4n) is 3.04. The lowest BCUT2D eigenvalue weighted by Crippen LogP contribution is -2.50. The van der Waals surface area contributed by atoms with Crippen molar-refractivity contribution >= 4 is 27.3 Å². The number of hydrogen-bond donors (Lipinski definition) is 1. The van der Waals surface area contributed by atoms with Crippen molar-refractivity contribution in [1.29, 1.82) is 0 Å². The van der Waals surface area contributed by atoms with Crippen LogP contribution in [-0.2, 0) is 15.6 Å². The minimum Gasteiger partial charge on any atom is -0.490 e. The molecule has 1 aliphatic rings. The molecule has 2 aromatic rings. The molecule has 0 aromatic heterocycles. The number of halogens is 1. The van der Waals surface area contributed by atoms with Gasteiger partial charge < -0.3 is 4.74 Å². The first-order valence-electron chi connectivity index (χ1n) is 7.90. The number of rotatable bonds is 6. The number of hydrogen-bond acceptors (Lipinski definition) is 5. The normalized spacial score (nSPS) is 15.9. The van der Waals surface area contributed by atoms with E-state index in [1.807, 2.05) is 0 Å². The molecule has 0 radical (unpaired) electrons. The Kier molecular flexibility index (Phi) is 4.92. The Morgan fingerprint density at radius 1 is 1.19 bits per heavy atom. The molecule has 1 fully saturated rings. The van der Waals surface area contributed by atoms with Gasteiger partial charge in [0.15, 0.2) is 5.75 Å². The quantitative estimate of drug-likeness (QED) is 0.594. The van der Waals surface area contributed by atoms with Crippen LogP contribution in [0.15, 0.2) is 47.4 Å². The van der Waals surface area contributed by atoms with Gasteiger partial charge in [-0.1, -0.05) is 23.7 Å². The average molecular weight is 397 g/mol. The number of nitrogens with zero attached hydrogens (tertiary/aromatic N) is 1. The molecule has 1 N–H and O–H groups in total. The van der Waals surface area contributed by atoms with Gasteiger partial charge in [-0.25, -0.2) is 13.1 Å². The van der Waals surface area contributed by atoms with Crippen LogP contribution in [-0.4, -0.2) is 20.5 Å². The summed E-state index contributed by atoms with van der Waals surface area (Å²) in [5, 5.41) is 11.7. The van der Waals surface area contributed by atoms with Crippen LogP contribution in [0.5, 0.6) is 5.75 Å². The van der Waals surface area contributed by atoms with Gasteiger partial charge in [-0.15, -0.1) is 0 Å². The second-order valence-corrected chi connectivity index (χ2v) is 8.26. The molecule has 3 rings (SSSR count). The van der Waals surface area contributed by atoms with Crippen molar-refractivity contribution in [1.82, 2.24) is 4.72 Å². The van der Waals surface area contributed by atoms with Crippen molar-refractivity contribution in [3.05, 3.63) is 63.2 Å². The largest absolute Gasteiger partial charge is 0.490 e. The van der Waals surface area contributed by atoms with E-state index in [9.17, 15) is 18.5 Å². The van der Waals surface area contributed by atoms with E-state index in [-0.39, 0.29) is 10.6 Å². The summed E-state index contributed by atoms with van der Waals surface area (Å²) >= 11 is 5.91. The van der Waals surface area contributed by atoms with Crippen molar-refractivity contribution in [2.45, 2.75) is 29.7 Å². The van der Waals surface area contributed by atoms with Crippen LogP contribution in [0, 0.1) is 10.1 Å². The second kappa shape index (κ2) is 6.86. The highest BCUT2D eigenvalue weighted by atomic mass is 35.5. The molecule has 7 nitrogen and oxygen atoms in total. The van der Waals surface area contributed by atoms with Gasteiger partial charge >= 0.3 is 5.69 Å². The second-order valence-electron chi connectivity index (χ2n) is 6.14. The van der Waals surface area contributed by atoms with Crippen molar-refractivity contribution in [3.8, 4) is 5.75 Å². The van der Waals surface area contributed by atoms with E-state index in [0.717, 1.165) is 18.1 Å². The zero-order chi connectivity index (χ0) is 18.9. The highest BCUT2D eigenvalue weighted by Gasteiger charge is 2.42. The van der Waals surface area contributed by atoms with Gasteiger partial charge in [0.2, 0.25) is 10.0 Å². The molecule has 0 saturated heterocycles. The number of nitro benzene ring substituents is 1. The topological polar surface area (TPSA) is 98.5 Å². The predicted molar refractivity (Wildman–Crippen MR) is 97.0 cm³/mol. The standard InChI is InChI=1S/C17H17ClN2O5S/c1-25-16-8-7-14(11-15(16)20(21)22)26(23,24)19-17(9-2-10-17)12-3-5-13(18)6-4-12/h3-8,11,19H,2,9-10H2,1H3. The summed E-state index contributed by atoms with van der Waals surface area (Å²) < 4.78 is 33.4. The molecule has 0 unspecified atom stereocenters. The first-order chi connectivity index (χ1) is 12.3. The van der Waals surface area contributed by atoms with Crippen LogP contribution >= 0.6 is 11.6 Å². The SMILES string of the molecule is COc1ccc(S(=O)(=O)NC2(c3ccc(Cl)cc3)CCC2)cc1[N+](=O)[O-]. The Bertz CT molecular complexity index is 940. The molecule has 0 spiro atoms. The molecule has 0 atom stereocenters. The van der Waals surface area contributed by atoms with E-state index in [1.54, 1.807) is 24.3 Å². The Hall–Kier alpha value is -2.16. The number of sulfonamides is 1. The minimum atomic E-state index is -3.96. The summed E-state index contributed by atoms with van der Waals surface area (Å²) in [6.07, 6.45) is 2.17. The molecular weight excluding hydrogens is 380 g/mol. The van der Waals surface area contributed by atoms with Crippen molar-refractivity contribution in [2.75, 3.05) is 7.11 Å². The highest BCUT2D eigenvalue weighted by molar-refractivity contribution is 7.89. The average Bonchev–Trinajstić information content (AvgIpc) is 2.58. The maximum atomic E-state index is 12.9. The van der Waals surface area contributed by atoms with Crippen LogP contribution in [0.25, 0.3) is 0 Å². The van der Waals surface area contributed by atoms with E-state index in [2.05, 4.69) is 4.72 Å². The molecule has 1 saturated carbocycles. The Morgan fingerprint density at radius 3 is 2.35 bits per heavy atom. The van der Waals surface area contributed by atoms with Crippen LogP contribution < -0.4 is 9.46 Å². The zero-order valence-electron chi connectivity index (χ0n) is 13.9. The van der Waals surface area contributed by atoms with Gasteiger partial charge in [-0.3, -0.25) is 10.1 Å². The number of methoxy groups -OCH3 is 1. The first kappa shape index (κ1) is 18.6. The third-order valence-corrected chi connectivity index (χ3v) is 6.38. The zero-order valence-corrected chi connectivity index (χ0v) is 15.5. The number of benzene rings is 2. The maximum absolute atomic E-state index is 12.9. The molecule has 0 heterocycles. The van der Waals surface area contributed by atoms with E-state index >= 15 is 0 Å². The number of nitro groups is 1. The van der Waals surface area contributed by atoms with Gasteiger partial charge in [-0.2, -0.15) is 0 Å². The molecule has 2 aromatic carbocycles. The molecule has 0 bridgehead atoms. The van der Waals surface area contributed by atoms with Crippen LogP contribution in [0.2, 0.25) is 5.02 Å². The van der Waals surface area contributed by atoms with Gasteiger partial charge in [0.05, 0.1) is 22.5 Å². The smallest absolute Gasteiger partial charge is 0.312 e. The third-order valence-electron chi connectivity index (χ3n) is 4.59. The Labute approximate surface area is 156 Å². The van der Waals surface area contributed by atoms with Crippen molar-refractivity contribution in [2.24, 2.45) is 0 Å². The van der Waals surface area contributed by atoms with E-state index in [0.29, 0.717) is 17.9 Å². The fraction of sp³-hybridized carbons (Fsp3) is 0.294. The summed E-state index contributed by atoms with van der Waals surface area (Å²) in [6, 6.07) is 10.6. The molecule has 138 valence electrons. The third kappa shape index (κ3) is 3.40. The lowest BCUT2D eigenvalue weighted by atomic mass is 9.73. The van der Waals surface area contributed by atoms with Crippen LogP contribution in [0.1, 0.15) is 24.8 Å². The predicted octanol–water partition coefficient (Wildman–Crippen LogP) is 3.61. The minimum absolute atomic E-state index is 0.00464. The summed E-state index contributed by atoms with van der Waals surface area (Å²) in [5.74, 6) is 0.00464. The maximum Gasteiger partial charge on any atom is 0.312 e. The van der Waals surface area contributed by atoms with E-state index in [1.165, 1.54) is 19.2 Å². The van der Waals surface area contributed by atoms with Crippen molar-refractivity contribution in [3.63, 3.8) is 0 Å². The molecule has 26 heavy (non-hydrogen) atoms. The van der Waals surface area contributed by atoms with Gasteiger partial charge in [0.1, 0.15) is 0 Å². The summed E-state index contributed by atoms with van der Waals surface area (Å²) in [7, 11) is -2.67. The number of ether oxygens (including phenoxy) is 1. The highest BCUT2D eigenvalue weighted by Crippen LogP contribution is 2.43. The summed E-state index contributed by atoms with van der Waals surface area (Å²) in [6.45, 7) is 0. The Balaban J connectivity index is 1.96. The summed E-state index contributed by atoms with van der Waals surface area (Å²) in [5.41, 5.74) is -0.303. The van der Waals surface area contributed by atoms with Gasteiger partial charge in [-0.05, 0) is 49.1 Å². The van der Waals surface area contributed by atoms with E-state index in [4.69, 9.17) is 16.3 Å². The van der Waals surface area contributed by atoms with Crippen molar-refractivity contribution < 1.29 is 18.1 Å². The van der Waals surface area contributed by atoms with Gasteiger partial charge in [0, 0.05) is 11.1 Å².